The van der Waals surface area contributed by atoms with Gasteiger partial charge in [-0.1, -0.05) is 49.7 Å². The molecule has 0 amide bonds. The molecule has 4 aromatic rings. The first-order valence-electron chi connectivity index (χ1n) is 13.0. The molecule has 4 nitrogen and oxygen atoms in total. The lowest BCUT2D eigenvalue weighted by Crippen LogP contribution is -2.29. The van der Waals surface area contributed by atoms with E-state index in [4.69, 9.17) is 17.2 Å². The van der Waals surface area contributed by atoms with Crippen LogP contribution in [0.1, 0.15) is 76.7 Å². The number of aromatic nitrogens is 2. The van der Waals surface area contributed by atoms with Crippen molar-refractivity contribution in [2.75, 3.05) is 4.90 Å². The van der Waals surface area contributed by atoms with E-state index in [1.807, 2.05) is 18.3 Å². The Labute approximate surface area is 226 Å². The molecule has 1 fully saturated rings. The summed E-state index contributed by atoms with van der Waals surface area (Å²) in [6.45, 7) is 15.5. The zero-order valence-corrected chi connectivity index (χ0v) is 23.6. The maximum absolute atomic E-state index is 5.97. The number of thiocarbonyl (C=S) groups is 1. The van der Waals surface area contributed by atoms with Crippen molar-refractivity contribution in [3.05, 3.63) is 112 Å². The van der Waals surface area contributed by atoms with Gasteiger partial charge in [0.1, 0.15) is 0 Å². The van der Waals surface area contributed by atoms with E-state index >= 15 is 0 Å². The number of hydrogen-bond acceptors (Lipinski definition) is 2. The Morgan fingerprint density at radius 2 is 1.57 bits per heavy atom. The fraction of sp³-hybridized carbons (Fsp3) is 0.312. The van der Waals surface area contributed by atoms with E-state index in [-0.39, 0.29) is 12.1 Å². The van der Waals surface area contributed by atoms with E-state index in [9.17, 15) is 0 Å². The zero-order chi connectivity index (χ0) is 26.4. The van der Waals surface area contributed by atoms with Crippen LogP contribution in [-0.2, 0) is 0 Å². The number of nitrogens with zero attached hydrogens (tertiary/aromatic N) is 3. The standard InChI is InChI=1S/C32H36N4S/c1-19(2)25-11-13-26(14-12-25)36-31(29(34-32(36)37)28-10-8-9-15-33-28)27-18-23(6)35(24(27)7)30-21(4)16-20(3)17-22(30)5/h8-19,29,31H,1-7H3,(H,34,37)/t29-,31+/m0/s1. The molecule has 0 spiro atoms. The van der Waals surface area contributed by atoms with Gasteiger partial charge in [0.15, 0.2) is 5.11 Å². The molecule has 2 aromatic carbocycles. The predicted octanol–water partition coefficient (Wildman–Crippen LogP) is 7.71. The average molecular weight is 509 g/mol. The van der Waals surface area contributed by atoms with Gasteiger partial charge in [0.25, 0.3) is 0 Å². The molecule has 3 heterocycles. The van der Waals surface area contributed by atoms with Crippen LogP contribution in [0.2, 0.25) is 0 Å². The Bertz CT molecular complexity index is 1430. The summed E-state index contributed by atoms with van der Waals surface area (Å²) in [7, 11) is 0. The maximum Gasteiger partial charge on any atom is 0.174 e. The fourth-order valence-corrected chi connectivity index (χ4v) is 6.27. The molecule has 0 aliphatic carbocycles. The second-order valence-corrected chi connectivity index (χ2v) is 11.0. The van der Waals surface area contributed by atoms with E-state index in [1.54, 1.807) is 0 Å². The first-order chi connectivity index (χ1) is 17.7. The lowest BCUT2D eigenvalue weighted by Gasteiger charge is -2.28. The van der Waals surface area contributed by atoms with Gasteiger partial charge < -0.3 is 14.8 Å². The largest absolute Gasteiger partial charge is 0.351 e. The SMILES string of the molecule is Cc1cc(C)c(-n2c(C)cc([C@@H]3[C@H](c4ccccn4)NC(=S)N3c3ccc(C(C)C)cc3)c2C)c(C)c1. The molecular weight excluding hydrogens is 472 g/mol. The quantitative estimate of drug-likeness (QED) is 0.280. The van der Waals surface area contributed by atoms with Crippen LogP contribution in [0, 0.1) is 34.6 Å². The highest BCUT2D eigenvalue weighted by Crippen LogP contribution is 2.44. The number of nitrogens with one attached hydrogen (secondary N) is 1. The summed E-state index contributed by atoms with van der Waals surface area (Å²) in [4.78, 5) is 7.01. The van der Waals surface area contributed by atoms with Gasteiger partial charge >= 0.3 is 0 Å². The molecule has 0 bridgehead atoms. The topological polar surface area (TPSA) is 33.1 Å². The maximum atomic E-state index is 5.97. The third-order valence-corrected chi connectivity index (χ3v) is 7.90. The van der Waals surface area contributed by atoms with Gasteiger partial charge in [-0.15, -0.1) is 0 Å². The van der Waals surface area contributed by atoms with Gasteiger partial charge in [0, 0.05) is 23.3 Å². The Balaban J connectivity index is 1.69. The predicted molar refractivity (Wildman–Crippen MR) is 158 cm³/mol. The van der Waals surface area contributed by atoms with Gasteiger partial charge in [-0.05, 0) is 105 Å². The third kappa shape index (κ3) is 4.46. The van der Waals surface area contributed by atoms with Crippen LogP contribution in [0.5, 0.6) is 0 Å². The lowest BCUT2D eigenvalue weighted by atomic mass is 9.96. The number of pyridine rings is 1. The van der Waals surface area contributed by atoms with Crippen molar-refractivity contribution in [1.82, 2.24) is 14.9 Å². The third-order valence-electron chi connectivity index (χ3n) is 7.58. The summed E-state index contributed by atoms with van der Waals surface area (Å²) in [5.41, 5.74) is 12.2. The Morgan fingerprint density at radius 3 is 2.16 bits per heavy atom. The van der Waals surface area contributed by atoms with Crippen LogP contribution in [0.15, 0.2) is 66.9 Å². The Hall–Kier alpha value is -3.44. The van der Waals surface area contributed by atoms with Crippen molar-refractivity contribution in [2.45, 2.75) is 66.5 Å². The normalized spacial score (nSPS) is 17.5. The molecule has 0 unspecified atom stereocenters. The molecule has 0 radical (unpaired) electrons. The summed E-state index contributed by atoms with van der Waals surface area (Å²) >= 11 is 5.97. The van der Waals surface area contributed by atoms with E-state index in [2.05, 4.69) is 112 Å². The summed E-state index contributed by atoms with van der Waals surface area (Å²) in [6.07, 6.45) is 1.86. The van der Waals surface area contributed by atoms with Crippen molar-refractivity contribution in [1.29, 1.82) is 0 Å². The number of anilines is 1. The minimum atomic E-state index is -0.0624. The van der Waals surface area contributed by atoms with Crippen molar-refractivity contribution >= 4 is 23.0 Å². The van der Waals surface area contributed by atoms with Crippen LogP contribution in [0.25, 0.3) is 5.69 Å². The van der Waals surface area contributed by atoms with Gasteiger partial charge in [0.2, 0.25) is 0 Å². The second-order valence-electron chi connectivity index (χ2n) is 10.7. The number of aryl methyl sites for hydroxylation is 4. The molecule has 1 aliphatic heterocycles. The van der Waals surface area contributed by atoms with Crippen molar-refractivity contribution < 1.29 is 0 Å². The minimum Gasteiger partial charge on any atom is -0.351 e. The molecular formula is C32H36N4S. The average Bonchev–Trinajstić information content (AvgIpc) is 3.35. The van der Waals surface area contributed by atoms with E-state index < -0.39 is 0 Å². The summed E-state index contributed by atoms with van der Waals surface area (Å²) < 4.78 is 2.41. The fourth-order valence-electron chi connectivity index (χ4n) is 5.93. The van der Waals surface area contributed by atoms with Crippen LogP contribution < -0.4 is 10.2 Å². The summed E-state index contributed by atoms with van der Waals surface area (Å²) in [6, 6.07) is 21.7. The molecule has 2 atom stereocenters. The lowest BCUT2D eigenvalue weighted by molar-refractivity contribution is 0.565. The summed E-state index contributed by atoms with van der Waals surface area (Å²) in [5.74, 6) is 0.481. The highest BCUT2D eigenvalue weighted by atomic mass is 32.1. The van der Waals surface area contributed by atoms with Crippen LogP contribution in [0.4, 0.5) is 5.69 Å². The van der Waals surface area contributed by atoms with Gasteiger partial charge in [-0.3, -0.25) is 4.98 Å². The van der Waals surface area contributed by atoms with Crippen molar-refractivity contribution in [3.63, 3.8) is 0 Å². The number of benzene rings is 2. The van der Waals surface area contributed by atoms with E-state index in [1.165, 1.54) is 44.9 Å². The van der Waals surface area contributed by atoms with Gasteiger partial charge in [-0.25, -0.2) is 0 Å². The first-order valence-corrected chi connectivity index (χ1v) is 13.5. The number of rotatable bonds is 5. The monoisotopic (exact) mass is 508 g/mol. The number of hydrogen-bond donors (Lipinski definition) is 1. The van der Waals surface area contributed by atoms with Crippen LogP contribution in [0.3, 0.4) is 0 Å². The van der Waals surface area contributed by atoms with Crippen molar-refractivity contribution in [3.8, 4) is 5.69 Å². The highest BCUT2D eigenvalue weighted by molar-refractivity contribution is 7.80. The molecule has 1 saturated heterocycles. The van der Waals surface area contributed by atoms with Gasteiger partial charge in [-0.2, -0.15) is 0 Å². The summed E-state index contributed by atoms with van der Waals surface area (Å²) in [5, 5.41) is 4.34. The molecule has 5 heteroatoms. The van der Waals surface area contributed by atoms with Crippen LogP contribution in [-0.4, -0.2) is 14.7 Å². The van der Waals surface area contributed by atoms with Crippen LogP contribution >= 0.6 is 12.2 Å². The zero-order valence-electron chi connectivity index (χ0n) is 22.8. The van der Waals surface area contributed by atoms with Crippen molar-refractivity contribution in [2.24, 2.45) is 0 Å². The molecule has 2 aromatic heterocycles. The Morgan fingerprint density at radius 1 is 0.892 bits per heavy atom. The second kappa shape index (κ2) is 9.79. The van der Waals surface area contributed by atoms with E-state index in [0.717, 1.165) is 16.5 Å². The first kappa shape index (κ1) is 25.2. The Kier molecular flexibility index (Phi) is 6.67. The highest BCUT2D eigenvalue weighted by Gasteiger charge is 2.42. The smallest absolute Gasteiger partial charge is 0.174 e. The molecule has 1 N–H and O–H groups in total. The molecule has 0 saturated carbocycles. The van der Waals surface area contributed by atoms with E-state index in [0.29, 0.717) is 5.92 Å². The van der Waals surface area contributed by atoms with Gasteiger partial charge in [0.05, 0.1) is 23.5 Å². The molecule has 1 aliphatic rings. The molecule has 37 heavy (non-hydrogen) atoms. The minimum absolute atomic E-state index is 0.0293. The molecule has 5 rings (SSSR count). The molecule has 190 valence electrons.